The van der Waals surface area contributed by atoms with Crippen molar-refractivity contribution in [1.82, 2.24) is 5.32 Å². The zero-order chi connectivity index (χ0) is 16.0. The first-order valence-electron chi connectivity index (χ1n) is 6.50. The van der Waals surface area contributed by atoms with Crippen molar-refractivity contribution in [2.24, 2.45) is 0 Å². The Hall–Kier alpha value is -2.01. The molecule has 0 spiro atoms. The first-order chi connectivity index (χ1) is 9.79. The second-order valence-corrected chi connectivity index (χ2v) is 5.36. The van der Waals surface area contributed by atoms with Crippen LogP contribution in [-0.2, 0) is 9.59 Å². The van der Waals surface area contributed by atoms with Gasteiger partial charge in [-0.05, 0) is 37.6 Å². The van der Waals surface area contributed by atoms with E-state index in [2.05, 4.69) is 5.32 Å². The number of rotatable bonds is 6. The summed E-state index contributed by atoms with van der Waals surface area (Å²) in [7, 11) is 1.79. The molecule has 0 bridgehead atoms. The van der Waals surface area contributed by atoms with Crippen LogP contribution in [0.5, 0.6) is 0 Å². The molecule has 0 saturated heterocycles. The molecule has 1 aromatic carbocycles. The summed E-state index contributed by atoms with van der Waals surface area (Å²) in [4.78, 5) is 24.0. The Morgan fingerprint density at radius 2 is 2.10 bits per heavy atom. The van der Waals surface area contributed by atoms with E-state index in [1.807, 2.05) is 13.8 Å². The van der Waals surface area contributed by atoms with E-state index in [0.717, 1.165) is 11.8 Å². The lowest BCUT2D eigenvalue weighted by molar-refractivity contribution is -0.131. The fourth-order valence-electron chi connectivity index (χ4n) is 1.72. The summed E-state index contributed by atoms with van der Waals surface area (Å²) in [5.41, 5.74) is 1.40. The molecule has 6 heteroatoms. The number of aliphatic carboxylic acids is 1. The van der Waals surface area contributed by atoms with E-state index in [0.29, 0.717) is 10.6 Å². The van der Waals surface area contributed by atoms with Crippen LogP contribution in [0.25, 0.3) is 6.08 Å². The molecule has 0 unspecified atom stereocenters. The van der Waals surface area contributed by atoms with E-state index < -0.39 is 5.97 Å². The maximum absolute atomic E-state index is 11.7. The Morgan fingerprint density at radius 3 is 2.62 bits per heavy atom. The number of hydrogen-bond acceptors (Lipinski definition) is 3. The summed E-state index contributed by atoms with van der Waals surface area (Å²) in [6.45, 7) is 4.02. The zero-order valence-electron chi connectivity index (χ0n) is 12.3. The number of nitrogens with one attached hydrogen (secondary N) is 1. The smallest absolute Gasteiger partial charge is 0.328 e. The molecule has 21 heavy (non-hydrogen) atoms. The second-order valence-electron chi connectivity index (χ2n) is 4.96. The maximum Gasteiger partial charge on any atom is 0.328 e. The predicted molar refractivity (Wildman–Crippen MR) is 84.7 cm³/mol. The van der Waals surface area contributed by atoms with Crippen LogP contribution in [0.4, 0.5) is 5.69 Å². The molecule has 0 aromatic heterocycles. The van der Waals surface area contributed by atoms with E-state index in [1.165, 1.54) is 6.08 Å². The van der Waals surface area contributed by atoms with Gasteiger partial charge in [0.25, 0.3) is 0 Å². The van der Waals surface area contributed by atoms with Gasteiger partial charge in [0.15, 0.2) is 0 Å². The van der Waals surface area contributed by atoms with Crippen LogP contribution < -0.4 is 10.2 Å². The minimum absolute atomic E-state index is 0.0709. The molecule has 1 amide bonds. The number of carboxylic acids is 1. The minimum Gasteiger partial charge on any atom is -0.478 e. The third-order valence-electron chi connectivity index (χ3n) is 2.66. The first kappa shape index (κ1) is 17.0. The van der Waals surface area contributed by atoms with Crippen molar-refractivity contribution in [3.05, 3.63) is 34.9 Å². The van der Waals surface area contributed by atoms with Crippen LogP contribution in [0.3, 0.4) is 0 Å². The van der Waals surface area contributed by atoms with Gasteiger partial charge < -0.3 is 15.3 Å². The van der Waals surface area contributed by atoms with Gasteiger partial charge in [-0.15, -0.1) is 0 Å². The Kier molecular flexibility index (Phi) is 6.24. The number of anilines is 1. The highest BCUT2D eigenvalue weighted by Gasteiger charge is 2.09. The maximum atomic E-state index is 11.7. The number of likely N-dealkylation sites (N-methyl/N-ethyl adjacent to an activating group) is 1. The molecule has 0 saturated carbocycles. The fourth-order valence-corrected chi connectivity index (χ4v) is 1.96. The first-order valence-corrected chi connectivity index (χ1v) is 6.88. The van der Waals surface area contributed by atoms with E-state index in [4.69, 9.17) is 16.7 Å². The Bertz CT molecular complexity index is 556. The third kappa shape index (κ3) is 5.87. The molecule has 0 aliphatic carbocycles. The predicted octanol–water partition coefficient (Wildman–Crippen LogP) is 2.40. The van der Waals surface area contributed by atoms with Crippen LogP contribution >= 0.6 is 11.6 Å². The topological polar surface area (TPSA) is 69.6 Å². The molecule has 1 aromatic rings. The van der Waals surface area contributed by atoms with Crippen LogP contribution in [0, 0.1) is 0 Å². The fraction of sp³-hybridized carbons (Fsp3) is 0.333. The average molecular weight is 311 g/mol. The van der Waals surface area contributed by atoms with Crippen molar-refractivity contribution in [3.63, 3.8) is 0 Å². The molecule has 0 aliphatic rings. The largest absolute Gasteiger partial charge is 0.478 e. The van der Waals surface area contributed by atoms with Gasteiger partial charge in [0.2, 0.25) is 5.91 Å². The lowest BCUT2D eigenvalue weighted by Crippen LogP contribution is -2.38. The Balaban J connectivity index is 2.78. The van der Waals surface area contributed by atoms with Crippen LogP contribution in [-0.4, -0.2) is 36.6 Å². The number of nitrogens with zero attached hydrogens (tertiary/aromatic N) is 1. The number of carbonyl (C=O) groups excluding carboxylic acids is 1. The Labute approximate surface area is 129 Å². The van der Waals surface area contributed by atoms with E-state index in [1.54, 1.807) is 30.1 Å². The molecule has 5 nitrogen and oxygen atoms in total. The lowest BCUT2D eigenvalue weighted by Gasteiger charge is -2.20. The van der Waals surface area contributed by atoms with Crippen molar-refractivity contribution < 1.29 is 14.7 Å². The number of halogens is 1. The molecule has 2 N–H and O–H groups in total. The number of benzene rings is 1. The molecular formula is C15H19ClN2O3. The number of carboxylic acid groups (broad SMARTS) is 1. The number of amides is 1. The molecule has 0 radical (unpaired) electrons. The highest BCUT2D eigenvalue weighted by molar-refractivity contribution is 6.32. The molecule has 0 fully saturated rings. The standard InChI is InChI=1S/C15H19ClN2O3/c1-10(2)17-14(19)9-18(3)12-6-4-11(13(16)8-12)5-7-15(20)21/h4-8,10H,9H2,1-3H3,(H,17,19)(H,20,21)/b7-5+. The second kappa shape index (κ2) is 7.69. The van der Waals surface area contributed by atoms with Gasteiger partial charge >= 0.3 is 5.97 Å². The normalized spacial score (nSPS) is 10.9. The number of carbonyl (C=O) groups is 2. The van der Waals surface area contributed by atoms with Gasteiger partial charge in [0.05, 0.1) is 6.54 Å². The van der Waals surface area contributed by atoms with Gasteiger partial charge in [0.1, 0.15) is 0 Å². The van der Waals surface area contributed by atoms with Crippen molar-refractivity contribution in [2.45, 2.75) is 19.9 Å². The van der Waals surface area contributed by atoms with Crippen molar-refractivity contribution in [2.75, 3.05) is 18.5 Å². The summed E-state index contributed by atoms with van der Waals surface area (Å²) < 4.78 is 0. The SMILES string of the molecule is CC(C)NC(=O)CN(C)c1ccc(/C=C/C(=O)O)c(Cl)c1. The monoisotopic (exact) mass is 310 g/mol. The summed E-state index contributed by atoms with van der Waals surface area (Å²) >= 11 is 6.11. The number of hydrogen-bond donors (Lipinski definition) is 2. The average Bonchev–Trinajstić information content (AvgIpc) is 2.35. The minimum atomic E-state index is -1.03. The lowest BCUT2D eigenvalue weighted by atomic mass is 10.2. The van der Waals surface area contributed by atoms with Crippen molar-refractivity contribution >= 4 is 35.2 Å². The van der Waals surface area contributed by atoms with E-state index >= 15 is 0 Å². The summed E-state index contributed by atoms with van der Waals surface area (Å²) in [6.07, 6.45) is 2.46. The van der Waals surface area contributed by atoms with Gasteiger partial charge in [-0.1, -0.05) is 17.7 Å². The van der Waals surface area contributed by atoms with Crippen LogP contribution in [0.15, 0.2) is 24.3 Å². The molecule has 114 valence electrons. The summed E-state index contributed by atoms with van der Waals surface area (Å²) in [6, 6.07) is 5.30. The molecule has 0 atom stereocenters. The molecule has 0 heterocycles. The van der Waals surface area contributed by atoms with Crippen LogP contribution in [0.2, 0.25) is 5.02 Å². The molecule has 0 aliphatic heterocycles. The summed E-state index contributed by atoms with van der Waals surface area (Å²) in [5, 5.41) is 11.8. The van der Waals surface area contributed by atoms with Gasteiger partial charge in [-0.25, -0.2) is 4.79 Å². The van der Waals surface area contributed by atoms with Gasteiger partial charge in [-0.2, -0.15) is 0 Å². The van der Waals surface area contributed by atoms with Crippen molar-refractivity contribution in [3.8, 4) is 0 Å². The van der Waals surface area contributed by atoms with Crippen LogP contribution in [0.1, 0.15) is 19.4 Å². The highest BCUT2D eigenvalue weighted by Crippen LogP contribution is 2.24. The quantitative estimate of drug-likeness (QED) is 0.792. The molecular weight excluding hydrogens is 292 g/mol. The Morgan fingerprint density at radius 1 is 1.43 bits per heavy atom. The van der Waals surface area contributed by atoms with E-state index in [-0.39, 0.29) is 18.5 Å². The van der Waals surface area contributed by atoms with Crippen molar-refractivity contribution in [1.29, 1.82) is 0 Å². The highest BCUT2D eigenvalue weighted by atomic mass is 35.5. The summed E-state index contributed by atoms with van der Waals surface area (Å²) in [5.74, 6) is -1.10. The third-order valence-corrected chi connectivity index (χ3v) is 2.99. The molecule has 1 rings (SSSR count). The van der Waals surface area contributed by atoms with Gasteiger partial charge in [-0.3, -0.25) is 4.79 Å². The van der Waals surface area contributed by atoms with Gasteiger partial charge in [0, 0.05) is 29.9 Å². The van der Waals surface area contributed by atoms with E-state index in [9.17, 15) is 9.59 Å². The zero-order valence-corrected chi connectivity index (χ0v) is 13.0.